The molecule has 0 radical (unpaired) electrons. The minimum Gasteiger partial charge on any atom is -0.497 e. The fourth-order valence-corrected chi connectivity index (χ4v) is 3.33. The van der Waals surface area contributed by atoms with Crippen LogP contribution < -0.4 is 14.8 Å². The summed E-state index contributed by atoms with van der Waals surface area (Å²) in [5, 5.41) is 2.60. The Bertz CT molecular complexity index is 855. The van der Waals surface area contributed by atoms with Crippen LogP contribution in [0.1, 0.15) is 5.56 Å². The lowest BCUT2D eigenvalue weighted by Gasteiger charge is -2.34. The van der Waals surface area contributed by atoms with Crippen LogP contribution in [0.4, 0.5) is 14.5 Å². The molecule has 0 atom stereocenters. The van der Waals surface area contributed by atoms with Gasteiger partial charge in [-0.25, -0.2) is 8.78 Å². The smallest absolute Gasteiger partial charge is 0.238 e. The van der Waals surface area contributed by atoms with Crippen LogP contribution in [0.2, 0.25) is 0 Å². The van der Waals surface area contributed by atoms with Gasteiger partial charge in [0.25, 0.3) is 0 Å². The maximum absolute atomic E-state index is 13.3. The third-order valence-electron chi connectivity index (χ3n) is 4.92. The monoisotopic (exact) mass is 405 g/mol. The number of carbonyl (C=O) groups is 1. The zero-order valence-electron chi connectivity index (χ0n) is 16.6. The van der Waals surface area contributed by atoms with Gasteiger partial charge < -0.3 is 14.8 Å². The van der Waals surface area contributed by atoms with Gasteiger partial charge in [-0.15, -0.1) is 0 Å². The van der Waals surface area contributed by atoms with Crippen LogP contribution in [0.25, 0.3) is 0 Å². The van der Waals surface area contributed by atoms with Crippen molar-refractivity contribution in [2.24, 2.45) is 0 Å². The Balaban J connectivity index is 1.49. The number of halogens is 2. The molecule has 0 saturated carbocycles. The molecular formula is C21H25F2N3O3. The second kappa shape index (κ2) is 9.67. The maximum atomic E-state index is 13.3. The number of hydrogen-bond donors (Lipinski definition) is 1. The Morgan fingerprint density at radius 2 is 1.69 bits per heavy atom. The molecule has 156 valence electrons. The van der Waals surface area contributed by atoms with E-state index in [1.165, 1.54) is 6.07 Å². The molecular weight excluding hydrogens is 380 g/mol. The van der Waals surface area contributed by atoms with Crippen LogP contribution in [-0.4, -0.2) is 62.7 Å². The first-order chi connectivity index (χ1) is 14.0. The molecule has 2 aromatic carbocycles. The quantitative estimate of drug-likeness (QED) is 0.768. The number of rotatable bonds is 7. The third-order valence-corrected chi connectivity index (χ3v) is 4.92. The van der Waals surface area contributed by atoms with E-state index in [2.05, 4.69) is 10.2 Å². The van der Waals surface area contributed by atoms with Crippen molar-refractivity contribution >= 4 is 11.6 Å². The maximum Gasteiger partial charge on any atom is 0.238 e. The number of piperazine rings is 1. The summed E-state index contributed by atoms with van der Waals surface area (Å²) in [5.74, 6) is -0.567. The normalized spacial score (nSPS) is 15.2. The summed E-state index contributed by atoms with van der Waals surface area (Å²) in [6, 6.07) is 9.05. The Morgan fingerprint density at radius 1 is 0.966 bits per heavy atom. The summed E-state index contributed by atoms with van der Waals surface area (Å²) in [7, 11) is 3.28. The molecule has 1 aliphatic rings. The Morgan fingerprint density at radius 3 is 2.34 bits per heavy atom. The van der Waals surface area contributed by atoms with E-state index in [0.29, 0.717) is 0 Å². The van der Waals surface area contributed by atoms with Gasteiger partial charge in [0.15, 0.2) is 11.6 Å². The van der Waals surface area contributed by atoms with Crippen LogP contribution in [0.3, 0.4) is 0 Å². The summed E-state index contributed by atoms with van der Waals surface area (Å²) in [4.78, 5) is 16.5. The van der Waals surface area contributed by atoms with Gasteiger partial charge in [0.2, 0.25) is 5.91 Å². The van der Waals surface area contributed by atoms with Crippen molar-refractivity contribution in [3.8, 4) is 11.5 Å². The summed E-state index contributed by atoms with van der Waals surface area (Å²) in [6.07, 6.45) is 0. The van der Waals surface area contributed by atoms with Crippen LogP contribution in [-0.2, 0) is 11.3 Å². The molecule has 2 aromatic rings. The fourth-order valence-electron chi connectivity index (χ4n) is 3.33. The highest BCUT2D eigenvalue weighted by Crippen LogP contribution is 2.25. The summed E-state index contributed by atoms with van der Waals surface area (Å²) < 4.78 is 37.0. The molecule has 6 nitrogen and oxygen atoms in total. The zero-order chi connectivity index (χ0) is 20.8. The first-order valence-corrected chi connectivity index (χ1v) is 9.39. The minimum atomic E-state index is -0.982. The molecule has 0 spiro atoms. The van der Waals surface area contributed by atoms with Crippen molar-refractivity contribution in [3.05, 3.63) is 53.6 Å². The van der Waals surface area contributed by atoms with E-state index in [-0.39, 0.29) is 18.1 Å². The first kappa shape index (κ1) is 21.0. The number of amides is 1. The highest BCUT2D eigenvalue weighted by atomic mass is 19.2. The van der Waals surface area contributed by atoms with E-state index in [1.54, 1.807) is 14.2 Å². The van der Waals surface area contributed by atoms with Crippen LogP contribution in [0.5, 0.6) is 11.5 Å². The topological polar surface area (TPSA) is 54.0 Å². The summed E-state index contributed by atoms with van der Waals surface area (Å²) >= 11 is 0. The van der Waals surface area contributed by atoms with E-state index in [9.17, 15) is 13.6 Å². The van der Waals surface area contributed by atoms with Gasteiger partial charge in [0, 0.05) is 50.0 Å². The highest BCUT2D eigenvalue weighted by Gasteiger charge is 2.20. The highest BCUT2D eigenvalue weighted by molar-refractivity contribution is 5.92. The van der Waals surface area contributed by atoms with Crippen molar-refractivity contribution in [2.75, 3.05) is 52.3 Å². The van der Waals surface area contributed by atoms with Gasteiger partial charge in [-0.3, -0.25) is 14.6 Å². The number of hydrogen-bond acceptors (Lipinski definition) is 5. The van der Waals surface area contributed by atoms with E-state index < -0.39 is 11.6 Å². The van der Waals surface area contributed by atoms with E-state index in [1.807, 2.05) is 23.1 Å². The molecule has 8 heteroatoms. The van der Waals surface area contributed by atoms with Gasteiger partial charge in [-0.1, -0.05) is 0 Å². The lowest BCUT2D eigenvalue weighted by Crippen LogP contribution is -2.48. The van der Waals surface area contributed by atoms with Crippen molar-refractivity contribution in [1.82, 2.24) is 9.80 Å². The van der Waals surface area contributed by atoms with E-state index in [0.717, 1.165) is 61.9 Å². The molecule has 0 aliphatic carbocycles. The van der Waals surface area contributed by atoms with Crippen LogP contribution in [0.15, 0.2) is 36.4 Å². The average molecular weight is 405 g/mol. The molecule has 0 bridgehead atoms. The molecule has 1 aliphatic heterocycles. The lowest BCUT2D eigenvalue weighted by molar-refractivity contribution is -0.117. The van der Waals surface area contributed by atoms with Gasteiger partial charge in [0.1, 0.15) is 11.5 Å². The number of methoxy groups -OCH3 is 2. The number of carbonyl (C=O) groups excluding carboxylic acids is 1. The Kier molecular flexibility index (Phi) is 7.00. The predicted molar refractivity (Wildman–Crippen MR) is 106 cm³/mol. The predicted octanol–water partition coefficient (Wildman–Crippen LogP) is 2.74. The first-order valence-electron chi connectivity index (χ1n) is 9.39. The molecule has 3 rings (SSSR count). The van der Waals surface area contributed by atoms with Crippen molar-refractivity contribution in [2.45, 2.75) is 6.54 Å². The Hall–Kier alpha value is -2.71. The number of ether oxygens (including phenoxy) is 2. The molecule has 1 heterocycles. The molecule has 1 saturated heterocycles. The molecule has 0 aromatic heterocycles. The number of nitrogens with zero attached hydrogens (tertiary/aromatic N) is 2. The Labute approximate surface area is 169 Å². The van der Waals surface area contributed by atoms with E-state index in [4.69, 9.17) is 9.47 Å². The largest absolute Gasteiger partial charge is 0.497 e. The van der Waals surface area contributed by atoms with Crippen molar-refractivity contribution in [1.29, 1.82) is 0 Å². The SMILES string of the molecule is COc1ccc(OC)c(CN2CCN(CC(=O)Nc3ccc(F)c(F)c3)CC2)c1. The lowest BCUT2D eigenvalue weighted by atomic mass is 10.1. The number of nitrogens with one attached hydrogen (secondary N) is 1. The molecule has 1 N–H and O–H groups in total. The standard InChI is InChI=1S/C21H25F2N3O3/c1-28-17-4-6-20(29-2)15(11-17)13-25-7-9-26(10-8-25)14-21(27)24-16-3-5-18(22)19(23)12-16/h3-6,11-12H,7-10,13-14H2,1-2H3,(H,24,27). The van der Waals surface area contributed by atoms with Gasteiger partial charge in [0.05, 0.1) is 20.8 Å². The summed E-state index contributed by atoms with van der Waals surface area (Å²) in [6.45, 7) is 4.01. The van der Waals surface area contributed by atoms with Gasteiger partial charge in [-0.05, 0) is 30.3 Å². The van der Waals surface area contributed by atoms with Gasteiger partial charge >= 0.3 is 0 Å². The van der Waals surface area contributed by atoms with E-state index >= 15 is 0 Å². The molecule has 1 fully saturated rings. The van der Waals surface area contributed by atoms with Gasteiger partial charge in [-0.2, -0.15) is 0 Å². The minimum absolute atomic E-state index is 0.204. The molecule has 29 heavy (non-hydrogen) atoms. The zero-order valence-corrected chi connectivity index (χ0v) is 16.6. The second-order valence-corrected chi connectivity index (χ2v) is 6.91. The second-order valence-electron chi connectivity index (χ2n) is 6.91. The van der Waals surface area contributed by atoms with Crippen molar-refractivity contribution < 1.29 is 23.0 Å². The number of benzene rings is 2. The third kappa shape index (κ3) is 5.65. The summed E-state index contributed by atoms with van der Waals surface area (Å²) in [5.41, 5.74) is 1.30. The van der Waals surface area contributed by atoms with Crippen molar-refractivity contribution in [3.63, 3.8) is 0 Å². The molecule has 0 unspecified atom stereocenters. The van der Waals surface area contributed by atoms with Crippen LogP contribution in [0, 0.1) is 11.6 Å². The van der Waals surface area contributed by atoms with Crippen LogP contribution >= 0.6 is 0 Å². The molecule has 1 amide bonds. The average Bonchev–Trinajstić information content (AvgIpc) is 2.72. The number of anilines is 1. The fraction of sp³-hybridized carbons (Fsp3) is 0.381.